The monoisotopic (exact) mass is 340 g/mol. The van der Waals surface area contributed by atoms with E-state index in [4.69, 9.17) is 4.74 Å². The molecule has 0 radical (unpaired) electrons. The second-order valence-corrected chi connectivity index (χ2v) is 5.75. The van der Waals surface area contributed by atoms with Crippen LogP contribution in [0.4, 0.5) is 0 Å². The molecule has 0 spiro atoms. The second kappa shape index (κ2) is 7.07. The molecule has 1 heterocycles. The van der Waals surface area contributed by atoms with Crippen LogP contribution in [-0.2, 0) is 0 Å². The zero-order chi connectivity index (χ0) is 17.8. The second-order valence-electron chi connectivity index (χ2n) is 5.75. The molecule has 0 saturated heterocycles. The van der Waals surface area contributed by atoms with E-state index in [-0.39, 0.29) is 11.3 Å². The molecule has 0 aliphatic carbocycles. The molecule has 0 unspecified atom stereocenters. The molecule has 4 rings (SSSR count). The number of aromatic nitrogens is 2. The molecule has 0 bridgehead atoms. The van der Waals surface area contributed by atoms with Gasteiger partial charge in [-0.1, -0.05) is 78.9 Å². The van der Waals surface area contributed by atoms with Crippen LogP contribution in [0.25, 0.3) is 22.4 Å². The first kappa shape index (κ1) is 15.8. The number of H-pyrrole nitrogens is 1. The van der Waals surface area contributed by atoms with Crippen molar-refractivity contribution in [3.8, 4) is 33.9 Å². The fraction of sp³-hybridized carbons (Fsp3) is 0. The van der Waals surface area contributed by atoms with Gasteiger partial charge in [-0.2, -0.15) is 5.10 Å². The highest BCUT2D eigenvalue weighted by Gasteiger charge is 2.19. The van der Waals surface area contributed by atoms with E-state index in [0.717, 1.165) is 11.1 Å². The van der Waals surface area contributed by atoms with Crippen LogP contribution in [0.15, 0.2) is 95.8 Å². The Kier molecular flexibility index (Phi) is 4.31. The Balaban J connectivity index is 1.97. The van der Waals surface area contributed by atoms with Gasteiger partial charge in [0.05, 0.1) is 5.56 Å². The lowest BCUT2D eigenvalue weighted by atomic mass is 9.99. The predicted octanol–water partition coefficient (Wildman–Crippen LogP) is 4.90. The van der Waals surface area contributed by atoms with Crippen molar-refractivity contribution in [1.29, 1.82) is 0 Å². The van der Waals surface area contributed by atoms with Crippen molar-refractivity contribution in [2.24, 2.45) is 0 Å². The molecule has 26 heavy (non-hydrogen) atoms. The summed E-state index contributed by atoms with van der Waals surface area (Å²) in [6.07, 6.45) is 0. The maximum absolute atomic E-state index is 12.6. The molecule has 1 aromatic heterocycles. The van der Waals surface area contributed by atoms with Crippen LogP contribution in [0.3, 0.4) is 0 Å². The van der Waals surface area contributed by atoms with Gasteiger partial charge in [0.25, 0.3) is 0 Å². The highest BCUT2D eigenvalue weighted by molar-refractivity contribution is 5.84. The first-order chi connectivity index (χ1) is 12.8. The van der Waals surface area contributed by atoms with Gasteiger partial charge in [0.15, 0.2) is 0 Å². The summed E-state index contributed by atoms with van der Waals surface area (Å²) in [5.41, 5.74) is 2.75. The van der Waals surface area contributed by atoms with E-state index >= 15 is 0 Å². The average molecular weight is 340 g/mol. The Bertz CT molecular complexity index is 1060. The van der Waals surface area contributed by atoms with Gasteiger partial charge >= 0.3 is 5.56 Å². The van der Waals surface area contributed by atoms with Gasteiger partial charge in [-0.3, -0.25) is 4.79 Å². The van der Waals surface area contributed by atoms with Crippen molar-refractivity contribution >= 4 is 0 Å². The minimum atomic E-state index is -0.368. The molecular formula is C22H16N2O2. The zero-order valence-corrected chi connectivity index (χ0v) is 13.9. The number of para-hydroxylation sites is 1. The van der Waals surface area contributed by atoms with Crippen molar-refractivity contribution < 1.29 is 4.74 Å². The molecule has 0 amide bonds. The maximum atomic E-state index is 12.6. The zero-order valence-electron chi connectivity index (χ0n) is 13.9. The van der Waals surface area contributed by atoms with Crippen LogP contribution in [0.2, 0.25) is 0 Å². The largest absolute Gasteiger partial charge is 0.451 e. The molecule has 0 saturated carbocycles. The van der Waals surface area contributed by atoms with Gasteiger partial charge in [-0.05, 0) is 17.7 Å². The molecular weight excluding hydrogens is 324 g/mol. The third-order valence-corrected chi connectivity index (χ3v) is 4.01. The Hall–Kier alpha value is -3.66. The summed E-state index contributed by atoms with van der Waals surface area (Å²) in [5.74, 6) is 0.830. The van der Waals surface area contributed by atoms with E-state index in [1.54, 1.807) is 0 Å². The minimum absolute atomic E-state index is 0.233. The van der Waals surface area contributed by atoms with Gasteiger partial charge in [-0.25, -0.2) is 5.10 Å². The van der Waals surface area contributed by atoms with Crippen LogP contribution < -0.4 is 10.3 Å². The fourth-order valence-electron chi connectivity index (χ4n) is 2.82. The van der Waals surface area contributed by atoms with Crippen LogP contribution in [-0.4, -0.2) is 10.2 Å². The van der Waals surface area contributed by atoms with Crippen LogP contribution >= 0.6 is 0 Å². The Morgan fingerprint density at radius 2 is 1.23 bits per heavy atom. The number of aromatic amines is 1. The summed E-state index contributed by atoms with van der Waals surface area (Å²) in [6, 6.07) is 28.7. The van der Waals surface area contributed by atoms with E-state index < -0.39 is 0 Å². The highest BCUT2D eigenvalue weighted by atomic mass is 16.5. The van der Waals surface area contributed by atoms with Crippen LogP contribution in [0, 0.1) is 0 Å². The van der Waals surface area contributed by atoms with Gasteiger partial charge in [0.1, 0.15) is 11.4 Å². The summed E-state index contributed by atoms with van der Waals surface area (Å²) < 4.78 is 5.97. The number of nitrogens with one attached hydrogen (secondary N) is 1. The first-order valence-electron chi connectivity index (χ1n) is 8.29. The molecule has 126 valence electrons. The standard InChI is InChI=1S/C22H16N2O2/c25-22-21(26-18-14-8-3-9-15-18)19(16-10-4-1-5-11-16)20(23-24-22)17-12-6-2-7-13-17/h1-15H,(H,24,25). The van der Waals surface area contributed by atoms with Crippen molar-refractivity contribution in [2.45, 2.75) is 0 Å². The lowest BCUT2D eigenvalue weighted by Crippen LogP contribution is -2.13. The van der Waals surface area contributed by atoms with Crippen LogP contribution in [0.5, 0.6) is 11.5 Å². The first-order valence-corrected chi connectivity index (χ1v) is 8.29. The van der Waals surface area contributed by atoms with E-state index in [0.29, 0.717) is 17.0 Å². The fourth-order valence-corrected chi connectivity index (χ4v) is 2.82. The third kappa shape index (κ3) is 3.13. The summed E-state index contributed by atoms with van der Waals surface area (Å²) in [7, 11) is 0. The number of ether oxygens (including phenoxy) is 1. The number of benzene rings is 3. The molecule has 4 aromatic rings. The maximum Gasteiger partial charge on any atom is 0.307 e. The molecule has 3 aromatic carbocycles. The normalized spacial score (nSPS) is 10.5. The molecule has 1 N–H and O–H groups in total. The smallest absolute Gasteiger partial charge is 0.307 e. The summed E-state index contributed by atoms with van der Waals surface area (Å²) in [6.45, 7) is 0. The number of hydrogen-bond donors (Lipinski definition) is 1. The van der Waals surface area contributed by atoms with Crippen molar-refractivity contribution in [3.63, 3.8) is 0 Å². The summed E-state index contributed by atoms with van der Waals surface area (Å²) in [4.78, 5) is 12.6. The number of hydrogen-bond acceptors (Lipinski definition) is 3. The van der Waals surface area contributed by atoms with Crippen LogP contribution in [0.1, 0.15) is 0 Å². The average Bonchev–Trinajstić information content (AvgIpc) is 2.71. The molecule has 4 nitrogen and oxygen atoms in total. The van der Waals surface area contributed by atoms with Gasteiger partial charge in [0.2, 0.25) is 5.75 Å². The Morgan fingerprint density at radius 3 is 1.85 bits per heavy atom. The molecule has 0 fully saturated rings. The van der Waals surface area contributed by atoms with Gasteiger partial charge in [-0.15, -0.1) is 0 Å². The van der Waals surface area contributed by atoms with E-state index in [2.05, 4.69) is 10.2 Å². The van der Waals surface area contributed by atoms with Gasteiger partial charge in [0, 0.05) is 5.56 Å². The van der Waals surface area contributed by atoms with Gasteiger partial charge < -0.3 is 4.74 Å². The molecule has 0 aliphatic rings. The van der Waals surface area contributed by atoms with Crippen molar-refractivity contribution in [2.75, 3.05) is 0 Å². The number of rotatable bonds is 4. The summed E-state index contributed by atoms with van der Waals surface area (Å²) in [5, 5.41) is 6.88. The Morgan fingerprint density at radius 1 is 0.692 bits per heavy atom. The minimum Gasteiger partial charge on any atom is -0.451 e. The topological polar surface area (TPSA) is 55.0 Å². The van der Waals surface area contributed by atoms with E-state index in [1.807, 2.05) is 91.0 Å². The number of nitrogens with zero attached hydrogens (tertiary/aromatic N) is 1. The van der Waals surface area contributed by atoms with E-state index in [1.165, 1.54) is 0 Å². The van der Waals surface area contributed by atoms with Crippen molar-refractivity contribution in [3.05, 3.63) is 101 Å². The van der Waals surface area contributed by atoms with Crippen molar-refractivity contribution in [1.82, 2.24) is 10.2 Å². The molecule has 0 aliphatic heterocycles. The predicted molar refractivity (Wildman–Crippen MR) is 102 cm³/mol. The Labute approximate surface area is 150 Å². The molecule has 0 atom stereocenters. The SMILES string of the molecule is O=c1[nH]nc(-c2ccccc2)c(-c2ccccc2)c1Oc1ccccc1. The lowest BCUT2D eigenvalue weighted by molar-refractivity contribution is 0.475. The third-order valence-electron chi connectivity index (χ3n) is 4.01. The lowest BCUT2D eigenvalue weighted by Gasteiger charge is -2.14. The highest BCUT2D eigenvalue weighted by Crippen LogP contribution is 2.36. The van der Waals surface area contributed by atoms with E-state index in [9.17, 15) is 4.79 Å². The quantitative estimate of drug-likeness (QED) is 0.575. The summed E-state index contributed by atoms with van der Waals surface area (Å²) >= 11 is 0. The molecule has 4 heteroatoms.